The van der Waals surface area contributed by atoms with Crippen LogP contribution >= 0.6 is 0 Å². The van der Waals surface area contributed by atoms with Crippen LogP contribution in [0.15, 0.2) is 97.2 Å². The number of hydrogen-bond donors (Lipinski definition) is 0. The third kappa shape index (κ3) is 63.0. The first-order chi connectivity index (χ1) is 38.0. The van der Waals surface area contributed by atoms with Gasteiger partial charge in [0.15, 0.2) is 6.10 Å². The fraction of sp³-hybridized carbons (Fsp3) is 0.732. The zero-order chi connectivity index (χ0) is 55.7. The molecule has 77 heavy (non-hydrogen) atoms. The van der Waals surface area contributed by atoms with Crippen molar-refractivity contribution in [2.45, 2.75) is 322 Å². The molecule has 0 radical (unpaired) electrons. The molecule has 0 rings (SSSR count). The van der Waals surface area contributed by atoms with Crippen LogP contribution in [-0.4, -0.2) is 37.2 Å². The van der Waals surface area contributed by atoms with E-state index in [1.54, 1.807) is 0 Å². The molecule has 0 aromatic rings. The Morgan fingerprint density at radius 2 is 0.506 bits per heavy atom. The van der Waals surface area contributed by atoms with E-state index in [-0.39, 0.29) is 31.1 Å². The Balaban J connectivity index is 4.38. The fourth-order valence-corrected chi connectivity index (χ4v) is 9.14. The lowest BCUT2D eigenvalue weighted by atomic mass is 10.0. The highest BCUT2D eigenvalue weighted by Crippen LogP contribution is 2.16. The molecule has 0 aliphatic heterocycles. The highest BCUT2D eigenvalue weighted by Gasteiger charge is 2.19. The van der Waals surface area contributed by atoms with Crippen molar-refractivity contribution in [1.82, 2.24) is 0 Å². The number of carbonyl (C=O) groups excluding carboxylic acids is 3. The van der Waals surface area contributed by atoms with Gasteiger partial charge in [0.05, 0.1) is 0 Å². The minimum Gasteiger partial charge on any atom is -0.462 e. The second-order valence-corrected chi connectivity index (χ2v) is 21.6. The number of carbonyl (C=O) groups is 3. The summed E-state index contributed by atoms with van der Waals surface area (Å²) in [4.78, 5) is 38.3. The summed E-state index contributed by atoms with van der Waals surface area (Å²) in [7, 11) is 0. The summed E-state index contributed by atoms with van der Waals surface area (Å²) in [5.74, 6) is -0.932. The van der Waals surface area contributed by atoms with Crippen molar-refractivity contribution in [2.24, 2.45) is 0 Å². The van der Waals surface area contributed by atoms with Crippen LogP contribution in [-0.2, 0) is 28.6 Å². The average molecular weight is 1070 g/mol. The molecule has 0 fully saturated rings. The monoisotopic (exact) mass is 1070 g/mol. The molecular weight excluding hydrogens is 949 g/mol. The van der Waals surface area contributed by atoms with Gasteiger partial charge in [-0.3, -0.25) is 14.4 Å². The predicted octanol–water partition coefficient (Wildman–Crippen LogP) is 22.4. The number of esters is 3. The van der Waals surface area contributed by atoms with Gasteiger partial charge in [-0.2, -0.15) is 0 Å². The van der Waals surface area contributed by atoms with Gasteiger partial charge >= 0.3 is 17.9 Å². The molecule has 0 amide bonds. The SMILES string of the molecule is CC/C=C\C/C=C\C/C=C\C/C=C\CCCCC(=O)OCC(COC(=O)CCCCCCCCCCCC/C=C\C/C=C\C/C=C\CCCCCCC)OC(=O)CCCCCCCCCCC/C=C\CCCCCCCC. The summed E-state index contributed by atoms with van der Waals surface area (Å²) < 4.78 is 16.9. The third-order valence-corrected chi connectivity index (χ3v) is 14.0. The van der Waals surface area contributed by atoms with Crippen LogP contribution in [0.25, 0.3) is 0 Å². The highest BCUT2D eigenvalue weighted by molar-refractivity contribution is 5.71. The van der Waals surface area contributed by atoms with E-state index < -0.39 is 6.10 Å². The first kappa shape index (κ1) is 73.3. The van der Waals surface area contributed by atoms with Crippen molar-refractivity contribution < 1.29 is 28.6 Å². The second kappa shape index (κ2) is 64.9. The van der Waals surface area contributed by atoms with E-state index in [1.807, 2.05) is 0 Å². The van der Waals surface area contributed by atoms with Crippen LogP contribution in [0.3, 0.4) is 0 Å². The van der Waals surface area contributed by atoms with Crippen molar-refractivity contribution >= 4 is 17.9 Å². The summed E-state index contributed by atoms with van der Waals surface area (Å²) in [6.07, 6.45) is 87.0. The van der Waals surface area contributed by atoms with Gasteiger partial charge in [0.1, 0.15) is 13.2 Å². The van der Waals surface area contributed by atoms with Gasteiger partial charge in [0.2, 0.25) is 0 Å². The average Bonchev–Trinajstić information content (AvgIpc) is 3.43. The highest BCUT2D eigenvalue weighted by atomic mass is 16.6. The number of rotatable bonds is 59. The molecular formula is C71H122O6. The van der Waals surface area contributed by atoms with E-state index in [4.69, 9.17) is 14.2 Å². The van der Waals surface area contributed by atoms with Gasteiger partial charge in [-0.15, -0.1) is 0 Å². The van der Waals surface area contributed by atoms with E-state index in [0.717, 1.165) is 96.3 Å². The lowest BCUT2D eigenvalue weighted by Crippen LogP contribution is -2.30. The summed E-state index contributed by atoms with van der Waals surface area (Å²) in [6, 6.07) is 0. The van der Waals surface area contributed by atoms with E-state index >= 15 is 0 Å². The maximum Gasteiger partial charge on any atom is 0.306 e. The zero-order valence-corrected chi connectivity index (χ0v) is 50.7. The molecule has 0 bridgehead atoms. The fourth-order valence-electron chi connectivity index (χ4n) is 9.14. The van der Waals surface area contributed by atoms with Gasteiger partial charge < -0.3 is 14.2 Å². The lowest BCUT2D eigenvalue weighted by molar-refractivity contribution is -0.167. The van der Waals surface area contributed by atoms with E-state index in [0.29, 0.717) is 19.3 Å². The van der Waals surface area contributed by atoms with Crippen molar-refractivity contribution in [3.63, 3.8) is 0 Å². The molecule has 0 heterocycles. The van der Waals surface area contributed by atoms with Gasteiger partial charge in [-0.1, -0.05) is 272 Å². The molecule has 0 aromatic carbocycles. The van der Waals surface area contributed by atoms with Gasteiger partial charge in [0, 0.05) is 19.3 Å². The maximum atomic E-state index is 12.9. The molecule has 6 nitrogen and oxygen atoms in total. The van der Waals surface area contributed by atoms with Gasteiger partial charge in [0.25, 0.3) is 0 Å². The molecule has 0 aliphatic rings. The molecule has 0 saturated heterocycles. The summed E-state index contributed by atoms with van der Waals surface area (Å²) >= 11 is 0. The third-order valence-electron chi connectivity index (χ3n) is 14.0. The predicted molar refractivity (Wildman–Crippen MR) is 334 cm³/mol. The summed E-state index contributed by atoms with van der Waals surface area (Å²) in [5, 5.41) is 0. The number of unbranched alkanes of at least 4 members (excludes halogenated alkanes) is 32. The molecule has 1 unspecified atom stereocenters. The Morgan fingerprint density at radius 3 is 0.831 bits per heavy atom. The minimum atomic E-state index is -0.799. The van der Waals surface area contributed by atoms with Crippen LogP contribution in [0.5, 0.6) is 0 Å². The smallest absolute Gasteiger partial charge is 0.306 e. The largest absolute Gasteiger partial charge is 0.462 e. The number of ether oxygens (including phenoxy) is 3. The molecule has 1 atom stereocenters. The van der Waals surface area contributed by atoms with E-state index in [9.17, 15) is 14.4 Å². The van der Waals surface area contributed by atoms with E-state index in [2.05, 4.69) is 118 Å². The van der Waals surface area contributed by atoms with Crippen LogP contribution < -0.4 is 0 Å². The first-order valence-electron chi connectivity index (χ1n) is 32.7. The Kier molecular flexibility index (Phi) is 61.8. The molecule has 0 aliphatic carbocycles. The Hall–Kier alpha value is -3.67. The summed E-state index contributed by atoms with van der Waals surface area (Å²) in [6.45, 7) is 6.50. The Labute approximate surface area is 477 Å². The van der Waals surface area contributed by atoms with Crippen LogP contribution in [0.2, 0.25) is 0 Å². The first-order valence-corrected chi connectivity index (χ1v) is 32.7. The molecule has 0 spiro atoms. The quantitative estimate of drug-likeness (QED) is 0.0261. The van der Waals surface area contributed by atoms with E-state index in [1.165, 1.54) is 180 Å². The van der Waals surface area contributed by atoms with Gasteiger partial charge in [-0.25, -0.2) is 0 Å². The second-order valence-electron chi connectivity index (χ2n) is 21.6. The van der Waals surface area contributed by atoms with Crippen molar-refractivity contribution in [1.29, 1.82) is 0 Å². The minimum absolute atomic E-state index is 0.0930. The lowest BCUT2D eigenvalue weighted by Gasteiger charge is -2.18. The Morgan fingerprint density at radius 1 is 0.273 bits per heavy atom. The zero-order valence-electron chi connectivity index (χ0n) is 50.7. The maximum absolute atomic E-state index is 12.9. The number of hydrogen-bond acceptors (Lipinski definition) is 6. The summed E-state index contributed by atoms with van der Waals surface area (Å²) in [5.41, 5.74) is 0. The topological polar surface area (TPSA) is 78.9 Å². The molecule has 0 saturated carbocycles. The van der Waals surface area contributed by atoms with Crippen LogP contribution in [0.1, 0.15) is 316 Å². The standard InChI is InChI=1S/C71H122O6/c1-4-7-10-13-16-19-22-25-28-30-32-33-34-35-36-37-39-40-43-46-49-52-55-58-61-64-70(73)76-67-68(66-75-69(72)63-60-57-54-51-48-45-42-27-24-21-18-15-12-9-6-3)77-71(74)65-62-59-56-53-50-47-44-41-38-31-29-26-23-20-17-14-11-8-5-2/h9,12,18,21-22,25-27,29-30,32,34-35,42,48,51,68H,4-8,10-11,13-17,19-20,23-24,28,31,33,36-41,43-47,49-50,52-67H2,1-3H3/b12-9-,21-18-,25-22-,29-26-,32-30-,35-34-,42-27-,51-48-. The number of allylic oxidation sites excluding steroid dienone is 16. The molecule has 0 N–H and O–H groups in total. The molecule has 6 heteroatoms. The normalized spacial score (nSPS) is 12.7. The van der Waals surface area contributed by atoms with Crippen LogP contribution in [0, 0.1) is 0 Å². The van der Waals surface area contributed by atoms with Crippen molar-refractivity contribution in [3.8, 4) is 0 Å². The van der Waals surface area contributed by atoms with Gasteiger partial charge in [-0.05, 0) is 122 Å². The van der Waals surface area contributed by atoms with Crippen molar-refractivity contribution in [3.05, 3.63) is 97.2 Å². The Bertz CT molecular complexity index is 1510. The van der Waals surface area contributed by atoms with Crippen molar-refractivity contribution in [2.75, 3.05) is 13.2 Å². The molecule has 0 aromatic heterocycles. The van der Waals surface area contributed by atoms with Crippen LogP contribution in [0.4, 0.5) is 0 Å². The molecule has 442 valence electrons.